The molecule has 1 heterocycles. The number of carbonyl (C=O) groups is 1. The van der Waals surface area contributed by atoms with E-state index in [1.807, 2.05) is 60.7 Å². The highest BCUT2D eigenvalue weighted by molar-refractivity contribution is 5.77. The molecule has 28 heavy (non-hydrogen) atoms. The number of carbonyl (C=O) groups excluding carboxylic acids is 1. The molecular weight excluding hydrogens is 354 g/mol. The number of hydrogen-bond donors (Lipinski definition) is 0. The fourth-order valence-corrected chi connectivity index (χ4v) is 2.61. The number of aromatic nitrogens is 1. The quantitative estimate of drug-likeness (QED) is 0.452. The predicted octanol–water partition coefficient (Wildman–Crippen LogP) is 4.42. The highest BCUT2D eigenvalue weighted by Crippen LogP contribution is 2.29. The molecule has 0 radical (unpaired) electrons. The molecule has 0 aliphatic heterocycles. The van der Waals surface area contributed by atoms with Gasteiger partial charge in [-0.3, -0.25) is 9.78 Å². The number of nitrogens with zero attached hydrogens (tertiary/aromatic N) is 1. The van der Waals surface area contributed by atoms with Crippen LogP contribution >= 0.6 is 0 Å². The minimum absolute atomic E-state index is 0.164. The van der Waals surface area contributed by atoms with E-state index in [1.54, 1.807) is 32.7 Å². The molecule has 1 aromatic heterocycles. The first-order chi connectivity index (χ1) is 13.7. The molecule has 0 saturated carbocycles. The van der Waals surface area contributed by atoms with Gasteiger partial charge in [0.2, 0.25) is 0 Å². The van der Waals surface area contributed by atoms with Gasteiger partial charge in [-0.2, -0.15) is 0 Å². The molecule has 0 N–H and O–H groups in total. The summed E-state index contributed by atoms with van der Waals surface area (Å²) < 4.78 is 16.0. The molecule has 2 aromatic carbocycles. The van der Waals surface area contributed by atoms with Gasteiger partial charge in [-0.15, -0.1) is 0 Å². The molecule has 0 bridgehead atoms. The van der Waals surface area contributed by atoms with Gasteiger partial charge in [0.25, 0.3) is 0 Å². The third-order valence-electron chi connectivity index (χ3n) is 4.09. The molecule has 0 aliphatic rings. The molecule has 0 unspecified atom stereocenters. The Bertz CT molecular complexity index is 950. The lowest BCUT2D eigenvalue weighted by atomic mass is 10.1. The summed E-state index contributed by atoms with van der Waals surface area (Å²) in [5.74, 6) is 1.28. The molecule has 5 heteroatoms. The Kier molecular flexibility index (Phi) is 6.41. The van der Waals surface area contributed by atoms with E-state index in [2.05, 4.69) is 4.98 Å². The third kappa shape index (κ3) is 5.20. The number of esters is 1. The molecule has 5 nitrogen and oxygen atoms in total. The van der Waals surface area contributed by atoms with Crippen LogP contribution in [0.25, 0.3) is 12.2 Å². The Morgan fingerprint density at radius 1 is 0.857 bits per heavy atom. The number of ether oxygens (including phenoxy) is 3. The highest BCUT2D eigenvalue weighted by Gasteiger charge is 2.11. The second kappa shape index (κ2) is 9.37. The van der Waals surface area contributed by atoms with E-state index in [9.17, 15) is 4.79 Å². The lowest BCUT2D eigenvalue weighted by Gasteiger charge is -2.10. The zero-order chi connectivity index (χ0) is 19.8. The maximum Gasteiger partial charge on any atom is 0.315 e. The summed E-state index contributed by atoms with van der Waals surface area (Å²) in [4.78, 5) is 16.3. The zero-order valence-electron chi connectivity index (χ0n) is 15.8. The summed E-state index contributed by atoms with van der Waals surface area (Å²) in [6.45, 7) is 0. The van der Waals surface area contributed by atoms with Gasteiger partial charge in [0.05, 0.1) is 20.6 Å². The van der Waals surface area contributed by atoms with Crippen LogP contribution in [0.5, 0.6) is 17.2 Å². The van der Waals surface area contributed by atoms with Gasteiger partial charge in [-0.1, -0.05) is 30.4 Å². The molecule has 0 spiro atoms. The number of benzene rings is 2. The van der Waals surface area contributed by atoms with Crippen molar-refractivity contribution in [1.82, 2.24) is 4.98 Å². The molecule has 0 amide bonds. The molecular formula is C23H21NO4. The smallest absolute Gasteiger partial charge is 0.315 e. The second-order valence-electron chi connectivity index (χ2n) is 6.02. The summed E-state index contributed by atoms with van der Waals surface area (Å²) in [6.07, 6.45) is 7.58. The Morgan fingerprint density at radius 2 is 1.57 bits per heavy atom. The van der Waals surface area contributed by atoms with E-state index in [-0.39, 0.29) is 12.4 Å². The standard InChI is InChI=1S/C23H21NO4/c1-26-20-8-5-19(6-9-20)16-23(25)28-21-10-7-18(15-22(21)27-2)4-3-17-11-13-24-14-12-17/h3-15H,16H2,1-2H3/b4-3+. The van der Waals surface area contributed by atoms with Crippen LogP contribution in [0.3, 0.4) is 0 Å². The van der Waals surface area contributed by atoms with Crippen molar-refractivity contribution in [3.63, 3.8) is 0 Å². The normalized spacial score (nSPS) is 10.6. The summed E-state index contributed by atoms with van der Waals surface area (Å²) in [7, 11) is 3.15. The van der Waals surface area contributed by atoms with Crippen molar-refractivity contribution in [2.45, 2.75) is 6.42 Å². The van der Waals surface area contributed by atoms with E-state index < -0.39 is 0 Å². The zero-order valence-corrected chi connectivity index (χ0v) is 15.8. The first kappa shape index (κ1) is 19.2. The first-order valence-corrected chi connectivity index (χ1v) is 8.77. The summed E-state index contributed by atoms with van der Waals surface area (Å²) in [6, 6.07) is 16.6. The number of pyridine rings is 1. The van der Waals surface area contributed by atoms with Crippen LogP contribution in [0.1, 0.15) is 16.7 Å². The van der Waals surface area contributed by atoms with Crippen LogP contribution in [0.15, 0.2) is 67.0 Å². The monoisotopic (exact) mass is 375 g/mol. The average Bonchev–Trinajstić information content (AvgIpc) is 2.74. The van der Waals surface area contributed by atoms with Crippen LogP contribution in [0.2, 0.25) is 0 Å². The molecule has 3 aromatic rings. The van der Waals surface area contributed by atoms with Crippen molar-refractivity contribution in [3.05, 3.63) is 83.7 Å². The van der Waals surface area contributed by atoms with Crippen LogP contribution < -0.4 is 14.2 Å². The van der Waals surface area contributed by atoms with Crippen LogP contribution in [0, 0.1) is 0 Å². The summed E-state index contributed by atoms with van der Waals surface area (Å²) >= 11 is 0. The lowest BCUT2D eigenvalue weighted by Crippen LogP contribution is -2.11. The summed E-state index contributed by atoms with van der Waals surface area (Å²) in [5, 5.41) is 0. The van der Waals surface area contributed by atoms with Crippen molar-refractivity contribution in [2.24, 2.45) is 0 Å². The van der Waals surface area contributed by atoms with E-state index in [0.717, 1.165) is 22.4 Å². The van der Waals surface area contributed by atoms with E-state index in [0.29, 0.717) is 11.5 Å². The third-order valence-corrected chi connectivity index (χ3v) is 4.09. The molecule has 3 rings (SSSR count). The predicted molar refractivity (Wildman–Crippen MR) is 108 cm³/mol. The second-order valence-corrected chi connectivity index (χ2v) is 6.02. The maximum atomic E-state index is 12.3. The Balaban J connectivity index is 1.67. The fraction of sp³-hybridized carbons (Fsp3) is 0.130. The van der Waals surface area contributed by atoms with Crippen molar-refractivity contribution in [3.8, 4) is 17.2 Å². The SMILES string of the molecule is COc1ccc(CC(=O)Oc2ccc(/C=C/c3ccncc3)cc2OC)cc1. The minimum Gasteiger partial charge on any atom is -0.497 e. The van der Waals surface area contributed by atoms with E-state index >= 15 is 0 Å². The topological polar surface area (TPSA) is 57.7 Å². The van der Waals surface area contributed by atoms with Gasteiger partial charge in [0.15, 0.2) is 11.5 Å². The largest absolute Gasteiger partial charge is 0.497 e. The molecule has 0 atom stereocenters. The summed E-state index contributed by atoms with van der Waals surface area (Å²) in [5.41, 5.74) is 2.83. The van der Waals surface area contributed by atoms with E-state index in [4.69, 9.17) is 14.2 Å². The molecule has 0 aliphatic carbocycles. The first-order valence-electron chi connectivity index (χ1n) is 8.77. The lowest BCUT2D eigenvalue weighted by molar-refractivity contribution is -0.133. The Morgan fingerprint density at radius 3 is 2.25 bits per heavy atom. The van der Waals surface area contributed by atoms with Crippen molar-refractivity contribution < 1.29 is 19.0 Å². The van der Waals surface area contributed by atoms with Crippen LogP contribution in [-0.2, 0) is 11.2 Å². The fourth-order valence-electron chi connectivity index (χ4n) is 2.61. The van der Waals surface area contributed by atoms with Gasteiger partial charge in [-0.05, 0) is 53.1 Å². The van der Waals surface area contributed by atoms with Crippen molar-refractivity contribution in [1.29, 1.82) is 0 Å². The minimum atomic E-state index is -0.358. The van der Waals surface area contributed by atoms with Crippen LogP contribution in [-0.4, -0.2) is 25.2 Å². The van der Waals surface area contributed by atoms with Gasteiger partial charge in [-0.25, -0.2) is 0 Å². The van der Waals surface area contributed by atoms with Crippen molar-refractivity contribution >= 4 is 18.1 Å². The number of methoxy groups -OCH3 is 2. The molecule has 142 valence electrons. The maximum absolute atomic E-state index is 12.3. The molecule has 0 fully saturated rings. The Hall–Kier alpha value is -3.60. The van der Waals surface area contributed by atoms with E-state index in [1.165, 1.54) is 0 Å². The van der Waals surface area contributed by atoms with Crippen LogP contribution in [0.4, 0.5) is 0 Å². The van der Waals surface area contributed by atoms with Crippen molar-refractivity contribution in [2.75, 3.05) is 14.2 Å². The highest BCUT2D eigenvalue weighted by atomic mass is 16.6. The van der Waals surface area contributed by atoms with Gasteiger partial charge in [0, 0.05) is 12.4 Å². The van der Waals surface area contributed by atoms with Gasteiger partial charge in [0.1, 0.15) is 5.75 Å². The molecule has 0 saturated heterocycles. The number of hydrogen-bond acceptors (Lipinski definition) is 5. The Labute approximate surface area is 164 Å². The van der Waals surface area contributed by atoms with Gasteiger partial charge < -0.3 is 14.2 Å². The van der Waals surface area contributed by atoms with Gasteiger partial charge >= 0.3 is 5.97 Å². The average molecular weight is 375 g/mol. The number of rotatable bonds is 7.